The van der Waals surface area contributed by atoms with E-state index in [4.69, 9.17) is 17.3 Å². The van der Waals surface area contributed by atoms with Crippen molar-refractivity contribution in [2.45, 2.75) is 34.2 Å². The van der Waals surface area contributed by atoms with Crippen molar-refractivity contribution in [2.75, 3.05) is 18.8 Å². The molecule has 2 N–H and O–H groups in total. The fourth-order valence-corrected chi connectivity index (χ4v) is 5.12. The van der Waals surface area contributed by atoms with Gasteiger partial charge in [0.25, 0.3) is 0 Å². The molecule has 0 fully saturated rings. The van der Waals surface area contributed by atoms with E-state index in [0.29, 0.717) is 39.5 Å². The Morgan fingerprint density at radius 1 is 0.968 bits per heavy atom. The maximum atomic E-state index is 13.5. The molecule has 164 valence electrons. The summed E-state index contributed by atoms with van der Waals surface area (Å²) >= 11 is 7.54. The van der Waals surface area contributed by atoms with Crippen molar-refractivity contribution in [3.63, 3.8) is 0 Å². The first kappa shape index (κ1) is 23.5. The van der Waals surface area contributed by atoms with E-state index < -0.39 is 0 Å². The van der Waals surface area contributed by atoms with Gasteiger partial charge in [-0.25, -0.2) is 0 Å². The van der Waals surface area contributed by atoms with E-state index in [0.717, 1.165) is 29.1 Å². The lowest BCUT2D eigenvalue weighted by Gasteiger charge is -2.27. The Morgan fingerprint density at radius 2 is 1.55 bits per heavy atom. The summed E-state index contributed by atoms with van der Waals surface area (Å²) < 4.78 is 0. The second-order valence-electron chi connectivity index (χ2n) is 8.83. The molecule has 3 rings (SSSR count). The first-order valence-corrected chi connectivity index (χ1v) is 11.9. The molecule has 3 aromatic rings. The molecular weight excluding hydrogens is 424 g/mol. The van der Waals surface area contributed by atoms with Crippen LogP contribution in [0.1, 0.15) is 49.2 Å². The van der Waals surface area contributed by atoms with E-state index in [1.807, 2.05) is 18.2 Å². The number of ketones is 1. The fourth-order valence-electron chi connectivity index (χ4n) is 3.91. The van der Waals surface area contributed by atoms with Crippen molar-refractivity contribution in [1.82, 2.24) is 4.90 Å². The number of carbonyl (C=O) groups excluding carboxylic acids is 1. The third kappa shape index (κ3) is 5.97. The van der Waals surface area contributed by atoms with E-state index in [1.165, 1.54) is 11.3 Å². The molecule has 0 unspecified atom stereocenters. The van der Waals surface area contributed by atoms with Gasteiger partial charge in [0.1, 0.15) is 0 Å². The molecule has 0 bridgehead atoms. The molecule has 0 atom stereocenters. The molecular formula is C26H31ClN2OS. The zero-order valence-corrected chi connectivity index (χ0v) is 20.3. The second-order valence-corrected chi connectivity index (χ2v) is 10.3. The van der Waals surface area contributed by atoms with Crippen molar-refractivity contribution >= 4 is 33.7 Å². The number of carbonyl (C=O) groups is 1. The van der Waals surface area contributed by atoms with Crippen LogP contribution in [0.4, 0.5) is 5.00 Å². The summed E-state index contributed by atoms with van der Waals surface area (Å²) in [6, 6.07) is 17.3. The fraction of sp³-hybridized carbons (Fsp3) is 0.346. The topological polar surface area (TPSA) is 46.3 Å². The van der Waals surface area contributed by atoms with Crippen molar-refractivity contribution in [2.24, 2.45) is 11.8 Å². The minimum Gasteiger partial charge on any atom is -0.390 e. The lowest BCUT2D eigenvalue weighted by Crippen LogP contribution is -2.31. The monoisotopic (exact) mass is 454 g/mol. The molecule has 0 aliphatic carbocycles. The summed E-state index contributed by atoms with van der Waals surface area (Å²) in [5.74, 6) is 1.02. The zero-order chi connectivity index (χ0) is 22.5. The zero-order valence-electron chi connectivity index (χ0n) is 18.7. The van der Waals surface area contributed by atoms with Crippen molar-refractivity contribution < 1.29 is 4.79 Å². The van der Waals surface area contributed by atoms with Crippen molar-refractivity contribution in [1.29, 1.82) is 0 Å². The highest BCUT2D eigenvalue weighted by Crippen LogP contribution is 2.40. The normalized spacial score (nSPS) is 11.6. The van der Waals surface area contributed by atoms with Crippen LogP contribution >= 0.6 is 22.9 Å². The molecule has 31 heavy (non-hydrogen) atoms. The third-order valence-corrected chi connectivity index (χ3v) is 6.39. The number of nitrogens with zero attached hydrogens (tertiary/aromatic N) is 1. The van der Waals surface area contributed by atoms with E-state index in [2.05, 4.69) is 44.7 Å². The molecule has 1 aromatic heterocycles. The Balaban J connectivity index is 2.10. The van der Waals surface area contributed by atoms with Crippen molar-refractivity contribution in [3.8, 4) is 10.4 Å². The molecule has 0 amide bonds. The quantitative estimate of drug-likeness (QED) is 0.354. The predicted molar refractivity (Wildman–Crippen MR) is 134 cm³/mol. The van der Waals surface area contributed by atoms with Gasteiger partial charge in [0, 0.05) is 35.1 Å². The maximum Gasteiger partial charge on any atom is 0.196 e. The molecule has 0 radical (unpaired) electrons. The molecule has 0 aliphatic rings. The Labute approximate surface area is 194 Å². The number of thiophene rings is 1. The molecule has 5 heteroatoms. The molecule has 0 saturated heterocycles. The lowest BCUT2D eigenvalue weighted by molar-refractivity contribution is 0.103. The largest absolute Gasteiger partial charge is 0.390 e. The number of anilines is 1. The first-order chi connectivity index (χ1) is 14.8. The van der Waals surface area contributed by atoms with Gasteiger partial charge in [-0.3, -0.25) is 9.69 Å². The van der Waals surface area contributed by atoms with E-state index in [-0.39, 0.29) is 5.78 Å². The van der Waals surface area contributed by atoms with Gasteiger partial charge in [-0.2, -0.15) is 0 Å². The van der Waals surface area contributed by atoms with Crippen LogP contribution in [0.5, 0.6) is 0 Å². The Bertz CT molecular complexity index is 1000. The summed E-state index contributed by atoms with van der Waals surface area (Å²) in [5, 5.41) is 1.18. The summed E-state index contributed by atoms with van der Waals surface area (Å²) in [6.45, 7) is 11.6. The van der Waals surface area contributed by atoms with Gasteiger partial charge >= 0.3 is 0 Å². The van der Waals surface area contributed by atoms with Crippen LogP contribution in [-0.4, -0.2) is 23.8 Å². The minimum atomic E-state index is -0.0448. The highest BCUT2D eigenvalue weighted by atomic mass is 35.5. The number of nitrogen functional groups attached to an aromatic ring is 1. The first-order valence-electron chi connectivity index (χ1n) is 10.8. The molecule has 3 nitrogen and oxygen atoms in total. The number of nitrogens with two attached hydrogens (primary N) is 1. The van der Waals surface area contributed by atoms with Crippen LogP contribution in [0.2, 0.25) is 5.02 Å². The van der Waals surface area contributed by atoms with Crippen LogP contribution in [-0.2, 0) is 6.54 Å². The molecule has 0 saturated carbocycles. The van der Waals surface area contributed by atoms with Gasteiger partial charge in [0.05, 0.1) is 10.6 Å². The highest BCUT2D eigenvalue weighted by Gasteiger charge is 2.26. The van der Waals surface area contributed by atoms with Crippen LogP contribution in [0.15, 0.2) is 54.6 Å². The van der Waals surface area contributed by atoms with Gasteiger partial charge in [0.15, 0.2) is 5.78 Å². The highest BCUT2D eigenvalue weighted by molar-refractivity contribution is 7.20. The maximum absolute atomic E-state index is 13.5. The lowest BCUT2D eigenvalue weighted by atomic mass is 9.97. The average Bonchev–Trinajstić information content (AvgIpc) is 3.03. The predicted octanol–water partition coefficient (Wildman–Crippen LogP) is 7.00. The van der Waals surface area contributed by atoms with Gasteiger partial charge in [-0.05, 0) is 47.2 Å². The smallest absolute Gasteiger partial charge is 0.196 e. The number of hydrogen-bond acceptors (Lipinski definition) is 4. The SMILES string of the molecule is CC(C)CN(Cc1c(-c2ccccc2)sc(N)c1C(=O)c1ccc(Cl)cc1)CC(C)C. The second kappa shape index (κ2) is 10.4. The van der Waals surface area contributed by atoms with E-state index in [9.17, 15) is 4.79 Å². The summed E-state index contributed by atoms with van der Waals surface area (Å²) in [5.41, 5.74) is 9.83. The molecule has 0 aliphatic heterocycles. The Hall–Kier alpha value is -2.14. The molecule has 1 heterocycles. The number of halogens is 1. The van der Waals surface area contributed by atoms with Crippen molar-refractivity contribution in [3.05, 3.63) is 76.3 Å². The van der Waals surface area contributed by atoms with Crippen LogP contribution in [0.3, 0.4) is 0 Å². The summed E-state index contributed by atoms with van der Waals surface area (Å²) in [4.78, 5) is 17.1. The van der Waals surface area contributed by atoms with Gasteiger partial charge in [-0.15, -0.1) is 11.3 Å². The number of benzene rings is 2. The minimum absolute atomic E-state index is 0.0448. The number of hydrogen-bond donors (Lipinski definition) is 1. The van der Waals surface area contributed by atoms with Crippen LogP contribution < -0.4 is 5.73 Å². The third-order valence-electron chi connectivity index (χ3n) is 5.03. The summed E-state index contributed by atoms with van der Waals surface area (Å²) in [7, 11) is 0. The van der Waals surface area contributed by atoms with Crippen LogP contribution in [0.25, 0.3) is 10.4 Å². The molecule has 0 spiro atoms. The average molecular weight is 455 g/mol. The Kier molecular flexibility index (Phi) is 7.93. The van der Waals surface area contributed by atoms with Gasteiger partial charge in [-0.1, -0.05) is 69.6 Å². The Morgan fingerprint density at radius 3 is 2.10 bits per heavy atom. The van der Waals surface area contributed by atoms with E-state index >= 15 is 0 Å². The van der Waals surface area contributed by atoms with E-state index in [1.54, 1.807) is 24.3 Å². The standard InChI is InChI=1S/C26H31ClN2OS/c1-17(2)14-29(15-18(3)4)16-22-23(24(30)19-10-12-21(27)13-11-19)26(28)31-25(22)20-8-6-5-7-9-20/h5-13,17-18H,14-16,28H2,1-4H3. The van der Waals surface area contributed by atoms with Gasteiger partial charge < -0.3 is 5.73 Å². The van der Waals surface area contributed by atoms with Crippen LogP contribution in [0, 0.1) is 11.8 Å². The molecule has 2 aromatic carbocycles. The van der Waals surface area contributed by atoms with Gasteiger partial charge in [0.2, 0.25) is 0 Å². The number of rotatable bonds is 9. The summed E-state index contributed by atoms with van der Waals surface area (Å²) in [6.07, 6.45) is 0.